The van der Waals surface area contributed by atoms with Gasteiger partial charge in [-0.05, 0) is 17.7 Å². The minimum Gasteiger partial charge on any atom is -0.493 e. The molecule has 1 heterocycles. The highest BCUT2D eigenvalue weighted by Gasteiger charge is 2.37. The van der Waals surface area contributed by atoms with Gasteiger partial charge in [-0.2, -0.15) is 8.78 Å². The van der Waals surface area contributed by atoms with Crippen molar-refractivity contribution in [3.05, 3.63) is 35.9 Å². The maximum absolute atomic E-state index is 13.1. The lowest BCUT2D eigenvalue weighted by atomic mass is 10.1. The van der Waals surface area contributed by atoms with E-state index in [4.69, 9.17) is 18.9 Å². The number of halogens is 2. The standard InChI is InChI=1S/C24H28F2N2O7/c1-27(12-14-6-7-17(35-24(25)26)18(8-14)31-2)23(30)15-9-21(29)28(13-15)16-10-19(32-3)22(34-5)20(11-16)33-4/h6-8,10-11,15,24H,9,12-13H2,1-5H3. The van der Waals surface area contributed by atoms with Crippen LogP contribution in [0.5, 0.6) is 28.7 Å². The first-order valence-electron chi connectivity index (χ1n) is 10.7. The lowest BCUT2D eigenvalue weighted by Gasteiger charge is -2.23. The third kappa shape index (κ3) is 5.67. The molecule has 1 aliphatic heterocycles. The Balaban J connectivity index is 1.73. The number of carbonyl (C=O) groups excluding carboxylic acids is 2. The van der Waals surface area contributed by atoms with Crippen molar-refractivity contribution in [3.8, 4) is 28.7 Å². The van der Waals surface area contributed by atoms with Crippen molar-refractivity contribution in [3.63, 3.8) is 0 Å². The molecule has 2 aromatic carbocycles. The molecule has 11 heteroatoms. The summed E-state index contributed by atoms with van der Waals surface area (Å²) in [7, 11) is 7.41. The van der Waals surface area contributed by atoms with Crippen molar-refractivity contribution in [2.45, 2.75) is 19.6 Å². The summed E-state index contributed by atoms with van der Waals surface area (Å²) >= 11 is 0. The van der Waals surface area contributed by atoms with Crippen molar-refractivity contribution < 1.29 is 42.1 Å². The number of methoxy groups -OCH3 is 4. The summed E-state index contributed by atoms with van der Waals surface area (Å²) in [5.41, 5.74) is 1.19. The first kappa shape index (κ1) is 25.9. The molecule has 3 rings (SSSR count). The third-order valence-electron chi connectivity index (χ3n) is 5.68. The molecule has 0 aliphatic carbocycles. The Bertz CT molecular complexity index is 1050. The molecule has 0 spiro atoms. The van der Waals surface area contributed by atoms with Gasteiger partial charge in [-0.15, -0.1) is 0 Å². The second-order valence-corrected chi connectivity index (χ2v) is 7.85. The number of nitrogens with zero attached hydrogens (tertiary/aromatic N) is 2. The van der Waals surface area contributed by atoms with Crippen LogP contribution in [0.2, 0.25) is 0 Å². The predicted molar refractivity (Wildman–Crippen MR) is 123 cm³/mol. The van der Waals surface area contributed by atoms with Crippen molar-refractivity contribution >= 4 is 17.5 Å². The summed E-state index contributed by atoms with van der Waals surface area (Å²) in [6.07, 6.45) is 0.0460. The average Bonchev–Trinajstić information content (AvgIpc) is 3.24. The van der Waals surface area contributed by atoms with E-state index in [1.165, 1.54) is 50.4 Å². The summed E-state index contributed by atoms with van der Waals surface area (Å²) in [6, 6.07) is 7.79. The molecule has 0 bridgehead atoms. The monoisotopic (exact) mass is 494 g/mol. The number of amides is 2. The van der Waals surface area contributed by atoms with Crippen molar-refractivity contribution in [2.24, 2.45) is 5.92 Å². The third-order valence-corrected chi connectivity index (χ3v) is 5.68. The molecule has 0 N–H and O–H groups in total. The van der Waals surface area contributed by atoms with Crippen LogP contribution in [0, 0.1) is 5.92 Å². The van der Waals surface area contributed by atoms with Crippen LogP contribution in [0.4, 0.5) is 14.5 Å². The smallest absolute Gasteiger partial charge is 0.387 e. The molecule has 1 saturated heterocycles. The minimum absolute atomic E-state index is 0.0460. The van der Waals surface area contributed by atoms with E-state index in [1.807, 2.05) is 0 Å². The van der Waals surface area contributed by atoms with E-state index >= 15 is 0 Å². The van der Waals surface area contributed by atoms with Gasteiger partial charge >= 0.3 is 6.61 Å². The predicted octanol–water partition coefficient (Wildman–Crippen LogP) is 3.33. The zero-order valence-electron chi connectivity index (χ0n) is 20.2. The molecule has 35 heavy (non-hydrogen) atoms. The molecule has 0 radical (unpaired) electrons. The summed E-state index contributed by atoms with van der Waals surface area (Å²) in [5.74, 6) is 0.245. The highest BCUT2D eigenvalue weighted by Crippen LogP contribution is 2.42. The van der Waals surface area contributed by atoms with E-state index in [2.05, 4.69) is 4.74 Å². The van der Waals surface area contributed by atoms with Gasteiger partial charge < -0.3 is 33.5 Å². The lowest BCUT2D eigenvalue weighted by Crippen LogP contribution is -2.34. The fraction of sp³-hybridized carbons (Fsp3) is 0.417. The number of rotatable bonds is 10. The summed E-state index contributed by atoms with van der Waals surface area (Å²) in [5, 5.41) is 0. The van der Waals surface area contributed by atoms with Crippen LogP contribution in [0.15, 0.2) is 30.3 Å². The molecular weight excluding hydrogens is 466 g/mol. The molecule has 190 valence electrons. The van der Waals surface area contributed by atoms with Gasteiger partial charge in [-0.3, -0.25) is 9.59 Å². The SMILES string of the molecule is COc1cc(CN(C)C(=O)C2CC(=O)N(c3cc(OC)c(OC)c(OC)c3)C2)ccc1OC(F)F. The summed E-state index contributed by atoms with van der Waals surface area (Å²) in [4.78, 5) is 28.9. The first-order valence-corrected chi connectivity index (χ1v) is 10.7. The first-order chi connectivity index (χ1) is 16.7. The Morgan fingerprint density at radius 3 is 2.17 bits per heavy atom. The molecule has 2 amide bonds. The highest BCUT2D eigenvalue weighted by molar-refractivity contribution is 6.00. The zero-order valence-corrected chi connectivity index (χ0v) is 20.2. The Hall–Kier alpha value is -3.76. The van der Waals surface area contributed by atoms with Crippen LogP contribution < -0.4 is 28.6 Å². The molecule has 0 aromatic heterocycles. The number of hydrogen-bond donors (Lipinski definition) is 0. The van der Waals surface area contributed by atoms with Crippen LogP contribution in [0.25, 0.3) is 0 Å². The van der Waals surface area contributed by atoms with Gasteiger partial charge in [0, 0.05) is 38.7 Å². The number of hydrogen-bond acceptors (Lipinski definition) is 7. The Labute approximate surface area is 202 Å². The Kier molecular flexibility index (Phi) is 8.21. The molecule has 1 atom stereocenters. The maximum atomic E-state index is 13.1. The number of ether oxygens (including phenoxy) is 5. The van der Waals surface area contributed by atoms with E-state index in [9.17, 15) is 18.4 Å². The maximum Gasteiger partial charge on any atom is 0.387 e. The van der Waals surface area contributed by atoms with Crippen LogP contribution in [-0.4, -0.2) is 65.4 Å². The molecule has 0 saturated carbocycles. The van der Waals surface area contributed by atoms with E-state index in [1.54, 1.807) is 25.2 Å². The largest absolute Gasteiger partial charge is 0.493 e. The molecule has 1 aliphatic rings. The van der Waals surface area contributed by atoms with Crippen LogP contribution >= 0.6 is 0 Å². The second-order valence-electron chi connectivity index (χ2n) is 7.85. The van der Waals surface area contributed by atoms with Crippen molar-refractivity contribution in [2.75, 3.05) is 46.9 Å². The van der Waals surface area contributed by atoms with Crippen LogP contribution in [0.1, 0.15) is 12.0 Å². The van der Waals surface area contributed by atoms with Gasteiger partial charge in [0.25, 0.3) is 0 Å². The van der Waals surface area contributed by atoms with Crippen LogP contribution in [-0.2, 0) is 16.1 Å². The molecule has 9 nitrogen and oxygen atoms in total. The molecular formula is C24H28F2N2O7. The van der Waals surface area contributed by atoms with E-state index in [0.717, 1.165) is 0 Å². The average molecular weight is 494 g/mol. The number of alkyl halides is 2. The van der Waals surface area contributed by atoms with E-state index < -0.39 is 12.5 Å². The van der Waals surface area contributed by atoms with Gasteiger partial charge in [-0.25, -0.2) is 0 Å². The van der Waals surface area contributed by atoms with Crippen molar-refractivity contribution in [1.29, 1.82) is 0 Å². The van der Waals surface area contributed by atoms with Gasteiger partial charge in [-0.1, -0.05) is 6.07 Å². The van der Waals surface area contributed by atoms with Crippen molar-refractivity contribution in [1.82, 2.24) is 4.90 Å². The van der Waals surface area contributed by atoms with Gasteiger partial charge in [0.1, 0.15) is 0 Å². The molecule has 1 unspecified atom stereocenters. The van der Waals surface area contributed by atoms with E-state index in [0.29, 0.717) is 28.5 Å². The minimum atomic E-state index is -2.98. The fourth-order valence-electron chi connectivity index (χ4n) is 4.01. The Morgan fingerprint density at radius 1 is 1.00 bits per heavy atom. The zero-order chi connectivity index (χ0) is 25.7. The van der Waals surface area contributed by atoms with Gasteiger partial charge in [0.05, 0.1) is 40.0 Å². The molecule has 1 fully saturated rings. The highest BCUT2D eigenvalue weighted by atomic mass is 19.3. The quantitative estimate of drug-likeness (QED) is 0.501. The summed E-state index contributed by atoms with van der Waals surface area (Å²) in [6.45, 7) is -2.60. The second kappa shape index (κ2) is 11.1. The number of anilines is 1. The van der Waals surface area contributed by atoms with Gasteiger partial charge in [0.2, 0.25) is 17.6 Å². The topological polar surface area (TPSA) is 86.8 Å². The fourth-order valence-corrected chi connectivity index (χ4v) is 4.01. The van der Waals surface area contributed by atoms with Crippen LogP contribution in [0.3, 0.4) is 0 Å². The normalized spacial score (nSPS) is 15.3. The molecule has 2 aromatic rings. The number of carbonyl (C=O) groups is 2. The number of benzene rings is 2. The van der Waals surface area contributed by atoms with E-state index in [-0.39, 0.29) is 42.8 Å². The Morgan fingerprint density at radius 2 is 1.63 bits per heavy atom. The lowest BCUT2D eigenvalue weighted by molar-refractivity contribution is -0.135. The van der Waals surface area contributed by atoms with Gasteiger partial charge in [0.15, 0.2) is 23.0 Å². The summed E-state index contributed by atoms with van der Waals surface area (Å²) < 4.78 is 50.7.